The quantitative estimate of drug-likeness (QED) is 0.289. The number of aromatic nitrogens is 1. The molecule has 0 bridgehead atoms. The SMILES string of the molecule is COC(=O)[C@H]1CC[C@@H](/C=C(\CCO)c2cc(-c3c(C)noc3C)ccc2OC(C)C)C1.FCc1ccccc1. The first kappa shape index (κ1) is 30.1. The molecule has 1 fully saturated rings. The van der Waals surface area contributed by atoms with E-state index in [0.717, 1.165) is 64.3 Å². The molecule has 1 aliphatic rings. The highest BCUT2D eigenvalue weighted by atomic mass is 19.1. The highest BCUT2D eigenvalue weighted by Crippen LogP contribution is 2.39. The van der Waals surface area contributed by atoms with Crippen LogP contribution in [0.4, 0.5) is 4.39 Å². The van der Waals surface area contributed by atoms with Crippen molar-refractivity contribution in [2.75, 3.05) is 13.7 Å². The third-order valence-electron chi connectivity index (χ3n) is 6.83. The molecule has 0 radical (unpaired) electrons. The lowest BCUT2D eigenvalue weighted by atomic mass is 9.92. The highest BCUT2D eigenvalue weighted by molar-refractivity contribution is 5.78. The number of carbonyl (C=O) groups excluding carboxylic acids is 1. The number of rotatable bonds is 9. The van der Waals surface area contributed by atoms with E-state index in [2.05, 4.69) is 17.3 Å². The number of aryl methyl sites for hydroxylation is 2. The molecule has 2 aromatic carbocycles. The predicted octanol–water partition coefficient (Wildman–Crippen LogP) is 7.26. The van der Waals surface area contributed by atoms with E-state index in [1.807, 2.05) is 58.0 Å². The van der Waals surface area contributed by atoms with E-state index in [0.29, 0.717) is 6.42 Å². The van der Waals surface area contributed by atoms with Gasteiger partial charge in [0.2, 0.25) is 0 Å². The minimum absolute atomic E-state index is 0.0224. The average Bonchev–Trinajstić information content (AvgIpc) is 3.54. The zero-order chi connectivity index (χ0) is 28.4. The van der Waals surface area contributed by atoms with Gasteiger partial charge in [0.25, 0.3) is 0 Å². The maximum Gasteiger partial charge on any atom is 0.308 e. The topological polar surface area (TPSA) is 81.8 Å². The molecule has 0 spiro atoms. The first-order valence-electron chi connectivity index (χ1n) is 13.5. The molecule has 210 valence electrons. The fraction of sp³-hybridized carbons (Fsp3) is 0.438. The van der Waals surface area contributed by atoms with Gasteiger partial charge in [-0.15, -0.1) is 0 Å². The summed E-state index contributed by atoms with van der Waals surface area (Å²) in [6.07, 6.45) is 5.27. The Morgan fingerprint density at radius 1 is 1.18 bits per heavy atom. The Morgan fingerprint density at radius 3 is 2.49 bits per heavy atom. The normalized spacial score (nSPS) is 17.1. The molecule has 39 heavy (non-hydrogen) atoms. The minimum atomic E-state index is -0.360. The zero-order valence-electron chi connectivity index (χ0n) is 23.6. The number of ether oxygens (including phenoxy) is 2. The summed E-state index contributed by atoms with van der Waals surface area (Å²) in [6.45, 7) is 7.51. The molecule has 3 aromatic rings. The number of esters is 1. The third-order valence-corrected chi connectivity index (χ3v) is 6.83. The molecular weight excluding hydrogens is 497 g/mol. The molecule has 7 heteroatoms. The fourth-order valence-corrected chi connectivity index (χ4v) is 5.02. The maximum atomic E-state index is 11.9. The van der Waals surface area contributed by atoms with Crippen molar-refractivity contribution in [2.45, 2.75) is 66.2 Å². The van der Waals surface area contributed by atoms with Crippen molar-refractivity contribution in [2.24, 2.45) is 11.8 Å². The van der Waals surface area contributed by atoms with Crippen molar-refractivity contribution in [3.05, 3.63) is 77.2 Å². The van der Waals surface area contributed by atoms with E-state index in [-0.39, 0.29) is 37.2 Å². The summed E-state index contributed by atoms with van der Waals surface area (Å²) in [7, 11) is 1.44. The first-order valence-corrected chi connectivity index (χ1v) is 13.5. The van der Waals surface area contributed by atoms with Gasteiger partial charge in [-0.05, 0) is 88.1 Å². The lowest BCUT2D eigenvalue weighted by Crippen LogP contribution is -2.12. The minimum Gasteiger partial charge on any atom is -0.490 e. The Balaban J connectivity index is 0.000000449. The Bertz CT molecular complexity index is 1220. The Morgan fingerprint density at radius 2 is 1.92 bits per heavy atom. The van der Waals surface area contributed by atoms with Gasteiger partial charge in [-0.3, -0.25) is 4.79 Å². The summed E-state index contributed by atoms with van der Waals surface area (Å²) in [5.74, 6) is 1.63. The molecule has 0 saturated heterocycles. The van der Waals surface area contributed by atoms with Crippen molar-refractivity contribution < 1.29 is 28.3 Å². The number of methoxy groups -OCH3 is 1. The number of nitrogens with zero attached hydrogens (tertiary/aromatic N) is 1. The lowest BCUT2D eigenvalue weighted by molar-refractivity contribution is -0.145. The van der Waals surface area contributed by atoms with Crippen LogP contribution in [0.3, 0.4) is 0 Å². The van der Waals surface area contributed by atoms with Gasteiger partial charge in [-0.1, -0.05) is 47.6 Å². The van der Waals surface area contributed by atoms with Gasteiger partial charge < -0.3 is 19.1 Å². The van der Waals surface area contributed by atoms with Crippen molar-refractivity contribution in [3.63, 3.8) is 0 Å². The Hall–Kier alpha value is -3.45. The average molecular weight is 538 g/mol. The molecule has 1 aromatic heterocycles. The van der Waals surface area contributed by atoms with Crippen LogP contribution < -0.4 is 4.74 Å². The van der Waals surface area contributed by atoms with E-state index in [1.165, 1.54) is 7.11 Å². The molecular formula is C32H40FNO5. The number of aliphatic hydroxyl groups is 1. The van der Waals surface area contributed by atoms with Gasteiger partial charge in [0.1, 0.15) is 18.2 Å². The number of allylic oxidation sites excluding steroid dienone is 1. The van der Waals surface area contributed by atoms with Gasteiger partial charge >= 0.3 is 5.97 Å². The predicted molar refractivity (Wildman–Crippen MR) is 151 cm³/mol. The maximum absolute atomic E-state index is 11.9. The van der Waals surface area contributed by atoms with Crippen LogP contribution in [0.25, 0.3) is 16.7 Å². The number of benzene rings is 2. The fourth-order valence-electron chi connectivity index (χ4n) is 5.02. The zero-order valence-corrected chi connectivity index (χ0v) is 23.6. The molecule has 0 amide bonds. The summed E-state index contributed by atoms with van der Waals surface area (Å²) in [5.41, 5.74) is 5.55. The van der Waals surface area contributed by atoms with Crippen LogP contribution in [0.15, 0.2) is 59.1 Å². The number of carbonyl (C=O) groups is 1. The van der Waals surface area contributed by atoms with E-state index >= 15 is 0 Å². The first-order chi connectivity index (χ1) is 18.8. The van der Waals surface area contributed by atoms with Gasteiger partial charge in [0.15, 0.2) is 0 Å². The van der Waals surface area contributed by atoms with Gasteiger partial charge in [-0.25, -0.2) is 4.39 Å². The molecule has 1 N–H and O–H groups in total. The number of aliphatic hydroxyl groups excluding tert-OH is 1. The second-order valence-corrected chi connectivity index (χ2v) is 10.2. The van der Waals surface area contributed by atoms with E-state index in [1.54, 1.807) is 12.1 Å². The Labute approximate surface area is 230 Å². The number of hydrogen-bond donors (Lipinski definition) is 1. The summed E-state index contributed by atoms with van der Waals surface area (Å²) in [4.78, 5) is 11.9. The van der Waals surface area contributed by atoms with E-state index in [4.69, 9.17) is 14.0 Å². The molecule has 1 heterocycles. The van der Waals surface area contributed by atoms with Gasteiger partial charge in [0.05, 0.1) is 24.8 Å². The second-order valence-electron chi connectivity index (χ2n) is 10.2. The summed E-state index contributed by atoms with van der Waals surface area (Å²) in [5, 5.41) is 13.9. The molecule has 6 nitrogen and oxygen atoms in total. The van der Waals surface area contributed by atoms with Crippen LogP contribution in [-0.2, 0) is 16.2 Å². The number of halogens is 1. The van der Waals surface area contributed by atoms with Crippen molar-refractivity contribution >= 4 is 11.5 Å². The summed E-state index contributed by atoms with van der Waals surface area (Å²) in [6, 6.07) is 15.2. The Kier molecular flexibility index (Phi) is 11.3. The molecule has 1 saturated carbocycles. The van der Waals surface area contributed by atoms with Crippen molar-refractivity contribution in [1.29, 1.82) is 0 Å². The summed E-state index contributed by atoms with van der Waals surface area (Å²) < 4.78 is 28.1. The highest BCUT2D eigenvalue weighted by Gasteiger charge is 2.30. The monoisotopic (exact) mass is 537 g/mol. The smallest absolute Gasteiger partial charge is 0.308 e. The van der Waals surface area contributed by atoms with Gasteiger partial charge in [0, 0.05) is 17.7 Å². The molecule has 2 atom stereocenters. The van der Waals surface area contributed by atoms with Crippen LogP contribution >= 0.6 is 0 Å². The number of alkyl halides is 1. The number of hydrogen-bond acceptors (Lipinski definition) is 6. The van der Waals surface area contributed by atoms with Crippen LogP contribution in [0.5, 0.6) is 5.75 Å². The largest absolute Gasteiger partial charge is 0.490 e. The van der Waals surface area contributed by atoms with Crippen LogP contribution in [0, 0.1) is 25.7 Å². The molecule has 4 rings (SSSR count). The molecule has 0 unspecified atom stereocenters. The third kappa shape index (κ3) is 8.27. The van der Waals surface area contributed by atoms with Crippen LogP contribution in [0.2, 0.25) is 0 Å². The van der Waals surface area contributed by atoms with Crippen molar-refractivity contribution in [3.8, 4) is 16.9 Å². The van der Waals surface area contributed by atoms with E-state index in [9.17, 15) is 14.3 Å². The second kappa shape index (κ2) is 14.6. The lowest BCUT2D eigenvalue weighted by Gasteiger charge is -2.19. The van der Waals surface area contributed by atoms with Gasteiger partial charge in [-0.2, -0.15) is 0 Å². The molecule has 0 aliphatic heterocycles. The molecule has 1 aliphatic carbocycles. The van der Waals surface area contributed by atoms with Crippen LogP contribution in [-0.4, -0.2) is 36.1 Å². The van der Waals surface area contributed by atoms with E-state index < -0.39 is 0 Å². The van der Waals surface area contributed by atoms with Crippen LogP contribution in [0.1, 0.15) is 62.1 Å². The van der Waals surface area contributed by atoms with Crippen molar-refractivity contribution in [1.82, 2.24) is 5.16 Å². The standard InChI is InChI=1S/C25H33NO5.C7H7F/c1-15(2)30-23-9-8-20(24-16(3)26-31-17(24)4)14-22(23)19(10-11-27)12-18-6-7-21(13-18)25(28)29-5;8-6-7-4-2-1-3-5-7/h8-9,12,14-15,18,21,27H,6-7,10-11,13H2,1-5H3;1-5H,6H2/b19-12+;/t18-,21-;/m0./s1. The summed E-state index contributed by atoms with van der Waals surface area (Å²) >= 11 is 0.